The van der Waals surface area contributed by atoms with Gasteiger partial charge in [-0.3, -0.25) is 9.59 Å². The second kappa shape index (κ2) is 16.2. The Morgan fingerprint density at radius 2 is 1.47 bits per heavy atom. The molecule has 1 atom stereocenters. The van der Waals surface area contributed by atoms with Gasteiger partial charge in [0.15, 0.2) is 0 Å². The van der Waals surface area contributed by atoms with Crippen LogP contribution in [0.15, 0.2) is 18.2 Å². The number of nitrogens with one attached hydrogen (secondary N) is 2. The lowest BCUT2D eigenvalue weighted by molar-refractivity contribution is -0.140. The summed E-state index contributed by atoms with van der Waals surface area (Å²) in [6.45, 7) is 14.3. The van der Waals surface area contributed by atoms with Crippen LogP contribution in [0.3, 0.4) is 0 Å². The van der Waals surface area contributed by atoms with Gasteiger partial charge in [-0.25, -0.2) is 4.79 Å². The molecule has 2 N–H and O–H groups in total. The molecule has 0 aromatic heterocycles. The number of hydrogen-bond acceptors (Lipinski definition) is 4. The molecular weight excluding hydrogens is 454 g/mol. The highest BCUT2D eigenvalue weighted by Gasteiger charge is 2.33. The van der Waals surface area contributed by atoms with Crippen molar-refractivity contribution in [2.75, 3.05) is 19.6 Å². The normalized spacial score (nSPS) is 12.1. The van der Waals surface area contributed by atoms with Crippen molar-refractivity contribution in [3.63, 3.8) is 0 Å². The first kappa shape index (κ1) is 31.5. The molecule has 0 saturated carbocycles. The van der Waals surface area contributed by atoms with Crippen LogP contribution >= 0.6 is 0 Å². The van der Waals surface area contributed by atoms with Crippen LogP contribution in [-0.2, 0) is 14.3 Å². The molecule has 0 bridgehead atoms. The summed E-state index contributed by atoms with van der Waals surface area (Å²) in [4.78, 5) is 41.0. The minimum atomic E-state index is -0.757. The lowest BCUT2D eigenvalue weighted by atomic mass is 9.93. The highest BCUT2D eigenvalue weighted by molar-refractivity contribution is 5.91. The van der Waals surface area contributed by atoms with Gasteiger partial charge >= 0.3 is 6.09 Å². The van der Waals surface area contributed by atoms with Crippen LogP contribution in [0.5, 0.6) is 0 Å². The molecule has 0 fully saturated rings. The van der Waals surface area contributed by atoms with Gasteiger partial charge in [0.1, 0.15) is 18.2 Å². The van der Waals surface area contributed by atoms with E-state index in [9.17, 15) is 14.4 Å². The fourth-order valence-corrected chi connectivity index (χ4v) is 4.22. The third-order valence-corrected chi connectivity index (χ3v) is 6.06. The molecule has 7 nitrogen and oxygen atoms in total. The Hall–Kier alpha value is -2.57. The van der Waals surface area contributed by atoms with Crippen LogP contribution in [0, 0.1) is 13.8 Å². The quantitative estimate of drug-likeness (QED) is 0.288. The lowest BCUT2D eigenvalue weighted by Gasteiger charge is -2.33. The van der Waals surface area contributed by atoms with E-state index in [2.05, 4.69) is 24.5 Å². The smallest absolute Gasteiger partial charge is 0.408 e. The first-order chi connectivity index (χ1) is 17.0. The Balaban J connectivity index is 3.23. The van der Waals surface area contributed by atoms with Crippen molar-refractivity contribution in [2.24, 2.45) is 0 Å². The second-order valence-corrected chi connectivity index (χ2v) is 10.6. The number of aryl methyl sites for hydroxylation is 2. The van der Waals surface area contributed by atoms with E-state index in [1.807, 2.05) is 32.0 Å². The molecule has 36 heavy (non-hydrogen) atoms. The van der Waals surface area contributed by atoms with E-state index in [1.165, 1.54) is 0 Å². The average molecular weight is 504 g/mol. The van der Waals surface area contributed by atoms with Gasteiger partial charge in [-0.1, -0.05) is 70.6 Å². The van der Waals surface area contributed by atoms with Gasteiger partial charge in [0.25, 0.3) is 0 Å². The molecule has 3 amide bonds. The number of amides is 3. The van der Waals surface area contributed by atoms with E-state index in [1.54, 1.807) is 25.7 Å². The first-order valence-electron chi connectivity index (χ1n) is 13.6. The first-order valence-corrected chi connectivity index (χ1v) is 13.6. The van der Waals surface area contributed by atoms with Crippen LogP contribution < -0.4 is 10.6 Å². The number of carbonyl (C=O) groups is 3. The summed E-state index contributed by atoms with van der Waals surface area (Å²) in [5, 5.41) is 5.65. The molecule has 1 rings (SSSR count). The number of nitrogens with zero attached hydrogens (tertiary/aromatic N) is 1. The maximum Gasteiger partial charge on any atom is 0.408 e. The van der Waals surface area contributed by atoms with Crippen LogP contribution in [0.4, 0.5) is 4.79 Å². The number of benzene rings is 1. The lowest BCUT2D eigenvalue weighted by Crippen LogP contribution is -2.48. The number of ether oxygens (including phenoxy) is 1. The highest BCUT2D eigenvalue weighted by Crippen LogP contribution is 2.28. The van der Waals surface area contributed by atoms with Crippen molar-refractivity contribution < 1.29 is 19.1 Å². The van der Waals surface area contributed by atoms with Crippen molar-refractivity contribution in [1.29, 1.82) is 0 Å². The summed E-state index contributed by atoms with van der Waals surface area (Å²) >= 11 is 0. The van der Waals surface area contributed by atoms with Gasteiger partial charge < -0.3 is 20.3 Å². The minimum Gasteiger partial charge on any atom is -0.444 e. The summed E-state index contributed by atoms with van der Waals surface area (Å²) in [5.74, 6) is -0.476. The van der Waals surface area contributed by atoms with E-state index < -0.39 is 17.7 Å². The number of unbranched alkanes of at least 4 members (excludes halogenated alkanes) is 6. The van der Waals surface area contributed by atoms with E-state index in [0.717, 1.165) is 68.1 Å². The molecule has 0 radical (unpaired) electrons. The summed E-state index contributed by atoms with van der Waals surface area (Å²) in [5.41, 5.74) is 2.12. The fraction of sp³-hybridized carbons (Fsp3) is 0.690. The monoisotopic (exact) mass is 503 g/mol. The van der Waals surface area contributed by atoms with Gasteiger partial charge in [0.05, 0.1) is 0 Å². The van der Waals surface area contributed by atoms with Gasteiger partial charge in [0, 0.05) is 13.1 Å². The summed E-state index contributed by atoms with van der Waals surface area (Å²) in [6.07, 6.45) is 7.49. The second-order valence-electron chi connectivity index (χ2n) is 10.6. The Bertz CT molecular complexity index is 812. The van der Waals surface area contributed by atoms with E-state index >= 15 is 0 Å². The minimum absolute atomic E-state index is 0.178. The standard InChI is InChI=1S/C29H49N3O4/c1-8-10-12-13-15-20-32(24(33)21-31-28(35)36-29(5,6)7)26(27(34)30-19-14-11-9-2)25-22(3)17-16-18-23(25)4/h16-18,26H,8-15,19-21H2,1-7H3,(H,30,34)(H,31,35). The molecule has 0 spiro atoms. The van der Waals surface area contributed by atoms with Crippen LogP contribution in [0.25, 0.3) is 0 Å². The Morgan fingerprint density at radius 1 is 0.889 bits per heavy atom. The van der Waals surface area contributed by atoms with Gasteiger partial charge in [-0.2, -0.15) is 0 Å². The van der Waals surface area contributed by atoms with Gasteiger partial charge in [-0.15, -0.1) is 0 Å². The summed E-state index contributed by atoms with van der Waals surface area (Å²) < 4.78 is 5.30. The Labute approximate surface area is 218 Å². The van der Waals surface area contributed by atoms with E-state index in [0.29, 0.717) is 13.1 Å². The topological polar surface area (TPSA) is 87.7 Å². The molecule has 0 saturated heterocycles. The molecule has 0 aliphatic carbocycles. The zero-order valence-electron chi connectivity index (χ0n) is 23.7. The zero-order valence-corrected chi connectivity index (χ0v) is 23.7. The van der Waals surface area contributed by atoms with Gasteiger partial charge in [0.2, 0.25) is 11.8 Å². The van der Waals surface area contributed by atoms with Crippen LogP contribution in [-0.4, -0.2) is 48.0 Å². The van der Waals surface area contributed by atoms with Crippen molar-refractivity contribution in [2.45, 2.75) is 111 Å². The number of rotatable bonds is 15. The SMILES string of the molecule is CCCCCCCN(C(=O)CNC(=O)OC(C)(C)C)C(C(=O)NCCCCC)c1c(C)cccc1C. The van der Waals surface area contributed by atoms with Crippen LogP contribution in [0.1, 0.15) is 109 Å². The molecule has 7 heteroatoms. The molecule has 0 aliphatic heterocycles. The molecule has 1 unspecified atom stereocenters. The highest BCUT2D eigenvalue weighted by atomic mass is 16.6. The molecule has 204 valence electrons. The van der Waals surface area contributed by atoms with Crippen molar-refractivity contribution in [3.8, 4) is 0 Å². The predicted molar refractivity (Wildman–Crippen MR) is 146 cm³/mol. The Kier molecular flexibility index (Phi) is 14.2. The van der Waals surface area contributed by atoms with Gasteiger partial charge in [-0.05, 0) is 64.2 Å². The third kappa shape index (κ3) is 11.4. The largest absolute Gasteiger partial charge is 0.444 e. The summed E-state index contributed by atoms with van der Waals surface area (Å²) in [6, 6.07) is 5.16. The van der Waals surface area contributed by atoms with Crippen LogP contribution in [0.2, 0.25) is 0 Å². The van der Waals surface area contributed by atoms with E-state index in [4.69, 9.17) is 4.74 Å². The zero-order chi connectivity index (χ0) is 27.1. The number of hydrogen-bond donors (Lipinski definition) is 2. The third-order valence-electron chi connectivity index (χ3n) is 6.06. The molecule has 0 aliphatic rings. The maximum atomic E-state index is 13.6. The Morgan fingerprint density at radius 3 is 2.06 bits per heavy atom. The summed E-state index contributed by atoms with van der Waals surface area (Å²) in [7, 11) is 0. The molecular formula is C29H49N3O4. The van der Waals surface area contributed by atoms with E-state index in [-0.39, 0.29) is 18.4 Å². The maximum absolute atomic E-state index is 13.6. The predicted octanol–water partition coefficient (Wildman–Crippen LogP) is 5.97. The fourth-order valence-electron chi connectivity index (χ4n) is 4.22. The average Bonchev–Trinajstić information content (AvgIpc) is 2.79. The number of alkyl carbamates (subject to hydrolysis) is 1. The number of carbonyl (C=O) groups excluding carboxylic acids is 3. The molecule has 1 aromatic carbocycles. The molecule has 1 aromatic rings. The van der Waals surface area contributed by atoms with Crippen molar-refractivity contribution >= 4 is 17.9 Å². The van der Waals surface area contributed by atoms with Crippen molar-refractivity contribution in [3.05, 3.63) is 34.9 Å². The van der Waals surface area contributed by atoms with Crippen molar-refractivity contribution in [1.82, 2.24) is 15.5 Å². The molecule has 0 heterocycles.